The minimum Gasteiger partial charge on any atom is -0.466 e. The molecule has 2 aliphatic carbocycles. The minimum absolute atomic E-state index is 0.189. The lowest BCUT2D eigenvalue weighted by molar-refractivity contribution is -0.140. The van der Waals surface area contributed by atoms with Gasteiger partial charge in [0.25, 0.3) is 0 Å². The molecule has 4 nitrogen and oxygen atoms in total. The molecule has 0 unspecified atom stereocenters. The van der Waals surface area contributed by atoms with Crippen LogP contribution < -0.4 is 0 Å². The quantitative estimate of drug-likeness (QED) is 0.460. The molecule has 2 aliphatic rings. The Morgan fingerprint density at radius 1 is 1.40 bits per heavy atom. The van der Waals surface area contributed by atoms with Crippen LogP contribution in [0.4, 0.5) is 0 Å². The third-order valence-electron chi connectivity index (χ3n) is 5.29. The van der Waals surface area contributed by atoms with Gasteiger partial charge < -0.3 is 14.9 Å². The molecule has 0 heterocycles. The summed E-state index contributed by atoms with van der Waals surface area (Å²) in [5, 5.41) is 21.0. The highest BCUT2D eigenvalue weighted by Crippen LogP contribution is 2.54. The highest BCUT2D eigenvalue weighted by atomic mass is 16.5. The summed E-state index contributed by atoms with van der Waals surface area (Å²) in [6.07, 6.45) is 1.63. The van der Waals surface area contributed by atoms with E-state index in [1.54, 1.807) is 0 Å². The highest BCUT2D eigenvalue weighted by Gasteiger charge is 2.53. The second kappa shape index (κ2) is 5.34. The first kappa shape index (κ1) is 15.3. The summed E-state index contributed by atoms with van der Waals surface area (Å²) in [5.74, 6) is -0.978. The molecule has 20 heavy (non-hydrogen) atoms. The fraction of sp³-hybridized carbons (Fsp3) is 0.688. The lowest BCUT2D eigenvalue weighted by Gasteiger charge is -2.53. The molecule has 0 aromatic rings. The summed E-state index contributed by atoms with van der Waals surface area (Å²) in [6, 6.07) is 0. The molecule has 0 amide bonds. The van der Waals surface area contributed by atoms with Gasteiger partial charge in [-0.3, -0.25) is 0 Å². The van der Waals surface area contributed by atoms with Gasteiger partial charge in [0, 0.05) is 22.8 Å². The summed E-state index contributed by atoms with van der Waals surface area (Å²) < 4.78 is 4.70. The minimum atomic E-state index is -0.734. The van der Waals surface area contributed by atoms with Gasteiger partial charge in [0.05, 0.1) is 19.3 Å². The first-order chi connectivity index (χ1) is 9.32. The van der Waals surface area contributed by atoms with E-state index in [1.807, 2.05) is 6.92 Å². The van der Waals surface area contributed by atoms with Crippen molar-refractivity contribution >= 4 is 5.97 Å². The fourth-order valence-electron chi connectivity index (χ4n) is 3.97. The highest BCUT2D eigenvalue weighted by molar-refractivity contribution is 5.88. The number of aliphatic hydroxyl groups excluding tert-OH is 2. The molecule has 112 valence electrons. The Labute approximate surface area is 120 Å². The van der Waals surface area contributed by atoms with E-state index in [9.17, 15) is 15.0 Å². The number of carbonyl (C=O) groups excluding carboxylic acids is 1. The number of fused-ring (bicyclic) bond motifs is 1. The van der Waals surface area contributed by atoms with Crippen molar-refractivity contribution < 1.29 is 19.7 Å². The van der Waals surface area contributed by atoms with Crippen LogP contribution in [0.1, 0.15) is 32.6 Å². The second-order valence-electron chi connectivity index (χ2n) is 6.35. The fourth-order valence-corrected chi connectivity index (χ4v) is 3.97. The molecule has 0 aromatic carbocycles. The molecule has 4 heteroatoms. The van der Waals surface area contributed by atoms with E-state index in [2.05, 4.69) is 13.2 Å². The Hall–Kier alpha value is -1.13. The number of rotatable bonds is 2. The topological polar surface area (TPSA) is 66.8 Å². The Kier molecular flexibility index (Phi) is 4.07. The molecular weight excluding hydrogens is 256 g/mol. The van der Waals surface area contributed by atoms with E-state index in [-0.39, 0.29) is 17.3 Å². The molecule has 0 bridgehead atoms. The van der Waals surface area contributed by atoms with Crippen LogP contribution in [-0.4, -0.2) is 35.5 Å². The average Bonchev–Trinajstić information content (AvgIpc) is 2.42. The molecule has 0 aliphatic heterocycles. The van der Waals surface area contributed by atoms with Crippen LogP contribution in [0.25, 0.3) is 0 Å². The maximum Gasteiger partial charge on any atom is 0.333 e. The summed E-state index contributed by atoms with van der Waals surface area (Å²) in [5.41, 5.74) is 0.921. The van der Waals surface area contributed by atoms with Crippen molar-refractivity contribution in [2.75, 3.05) is 7.11 Å². The third kappa shape index (κ3) is 2.21. The predicted octanol–water partition coefficient (Wildman–Crippen LogP) is 1.82. The Bertz CT molecular complexity index is 442. The van der Waals surface area contributed by atoms with Crippen molar-refractivity contribution in [2.45, 2.75) is 44.8 Å². The van der Waals surface area contributed by atoms with Crippen molar-refractivity contribution in [3.05, 3.63) is 24.3 Å². The van der Waals surface area contributed by atoms with Gasteiger partial charge in [0.2, 0.25) is 0 Å². The van der Waals surface area contributed by atoms with E-state index in [4.69, 9.17) is 4.74 Å². The smallest absolute Gasteiger partial charge is 0.333 e. The van der Waals surface area contributed by atoms with Crippen LogP contribution in [0, 0.1) is 17.3 Å². The van der Waals surface area contributed by atoms with E-state index in [1.165, 1.54) is 7.11 Å². The standard InChI is InChI=1S/C16H24O4/c1-9-5-6-12(17)16(3)8-7-11(14(18)13(9)16)10(2)15(19)20-4/h11-14,17-18H,1-2,5-8H2,3-4H3/t11-,12-,13-,14-,16-/m0/s1. The van der Waals surface area contributed by atoms with Gasteiger partial charge in [-0.15, -0.1) is 0 Å². The molecule has 2 fully saturated rings. The molecule has 5 atom stereocenters. The SMILES string of the molecule is C=C(C(=O)OC)[C@@H]1CC[C@@]2(C)[C@@H](O)CCC(=C)[C@H]2[C@H]1O. The normalized spacial score (nSPS) is 40.9. The maximum absolute atomic E-state index is 11.6. The van der Waals surface area contributed by atoms with Gasteiger partial charge in [-0.05, 0) is 25.7 Å². The van der Waals surface area contributed by atoms with Gasteiger partial charge in [0.15, 0.2) is 0 Å². The number of ether oxygens (including phenoxy) is 1. The number of esters is 1. The molecule has 0 saturated heterocycles. The molecular formula is C16H24O4. The summed E-state index contributed by atoms with van der Waals surface area (Å²) in [7, 11) is 1.32. The van der Waals surface area contributed by atoms with Crippen molar-refractivity contribution in [3.63, 3.8) is 0 Å². The Morgan fingerprint density at radius 2 is 2.05 bits per heavy atom. The monoisotopic (exact) mass is 280 g/mol. The van der Waals surface area contributed by atoms with Crippen molar-refractivity contribution in [1.82, 2.24) is 0 Å². The number of hydrogen-bond donors (Lipinski definition) is 2. The zero-order valence-electron chi connectivity index (χ0n) is 12.3. The molecule has 0 spiro atoms. The Morgan fingerprint density at radius 3 is 2.65 bits per heavy atom. The molecule has 0 radical (unpaired) electrons. The Balaban J connectivity index is 2.27. The zero-order chi connectivity index (χ0) is 15.1. The number of aliphatic hydroxyl groups is 2. The first-order valence-corrected chi connectivity index (χ1v) is 7.13. The van der Waals surface area contributed by atoms with E-state index in [0.717, 1.165) is 18.4 Å². The second-order valence-corrected chi connectivity index (χ2v) is 6.35. The van der Waals surface area contributed by atoms with Crippen LogP contribution >= 0.6 is 0 Å². The van der Waals surface area contributed by atoms with Crippen LogP contribution in [0.15, 0.2) is 24.3 Å². The third-order valence-corrected chi connectivity index (χ3v) is 5.29. The largest absolute Gasteiger partial charge is 0.466 e. The van der Waals surface area contributed by atoms with Crippen LogP contribution in [0.2, 0.25) is 0 Å². The summed E-state index contributed by atoms with van der Waals surface area (Å²) >= 11 is 0. The average molecular weight is 280 g/mol. The lowest BCUT2D eigenvalue weighted by Crippen LogP contribution is -2.54. The number of hydrogen-bond acceptors (Lipinski definition) is 4. The molecule has 2 N–H and O–H groups in total. The molecule has 2 saturated carbocycles. The number of methoxy groups -OCH3 is 1. The van der Waals surface area contributed by atoms with E-state index in [0.29, 0.717) is 18.4 Å². The molecule has 0 aromatic heterocycles. The molecule has 2 rings (SSSR count). The van der Waals surface area contributed by atoms with Gasteiger partial charge in [-0.1, -0.05) is 25.7 Å². The van der Waals surface area contributed by atoms with Crippen molar-refractivity contribution in [2.24, 2.45) is 17.3 Å². The maximum atomic E-state index is 11.6. The number of carbonyl (C=O) groups is 1. The summed E-state index contributed by atoms with van der Waals surface area (Å²) in [6.45, 7) is 9.85. The van der Waals surface area contributed by atoms with Crippen molar-refractivity contribution in [1.29, 1.82) is 0 Å². The van der Waals surface area contributed by atoms with E-state index >= 15 is 0 Å². The first-order valence-electron chi connectivity index (χ1n) is 7.13. The van der Waals surface area contributed by atoms with Crippen LogP contribution in [0.3, 0.4) is 0 Å². The van der Waals surface area contributed by atoms with Crippen LogP contribution in [0.5, 0.6) is 0 Å². The van der Waals surface area contributed by atoms with E-state index < -0.39 is 18.2 Å². The van der Waals surface area contributed by atoms with Crippen molar-refractivity contribution in [3.8, 4) is 0 Å². The van der Waals surface area contributed by atoms with Gasteiger partial charge in [-0.25, -0.2) is 4.79 Å². The summed E-state index contributed by atoms with van der Waals surface area (Å²) in [4.78, 5) is 11.6. The lowest BCUT2D eigenvalue weighted by atomic mass is 9.54. The zero-order valence-corrected chi connectivity index (χ0v) is 12.3. The van der Waals surface area contributed by atoms with Crippen LogP contribution in [-0.2, 0) is 9.53 Å². The van der Waals surface area contributed by atoms with Gasteiger partial charge >= 0.3 is 5.97 Å². The van der Waals surface area contributed by atoms with Gasteiger partial charge in [-0.2, -0.15) is 0 Å². The van der Waals surface area contributed by atoms with Gasteiger partial charge in [0.1, 0.15) is 0 Å². The predicted molar refractivity (Wildman–Crippen MR) is 75.9 cm³/mol.